The van der Waals surface area contributed by atoms with Crippen molar-refractivity contribution in [3.63, 3.8) is 0 Å². The predicted octanol–water partition coefficient (Wildman–Crippen LogP) is 4.72. The molecular formula is C22H19ClF2N2O3S2. The highest BCUT2D eigenvalue weighted by molar-refractivity contribution is 7.99. The summed E-state index contributed by atoms with van der Waals surface area (Å²) >= 11 is 7.36. The summed E-state index contributed by atoms with van der Waals surface area (Å²) in [6.45, 7) is -0.211. The number of rotatable bonds is 9. The highest BCUT2D eigenvalue weighted by Crippen LogP contribution is 2.24. The molecule has 0 atom stereocenters. The van der Waals surface area contributed by atoms with Crippen molar-refractivity contribution < 1.29 is 22.0 Å². The molecule has 0 heterocycles. The monoisotopic (exact) mass is 496 g/mol. The van der Waals surface area contributed by atoms with Gasteiger partial charge in [0.1, 0.15) is 18.2 Å². The third kappa shape index (κ3) is 6.44. The van der Waals surface area contributed by atoms with Crippen LogP contribution in [0.15, 0.2) is 82.6 Å². The SMILES string of the molecule is O=C(CN(c1ccc(F)cc1)S(=O)(=O)c1ccc(F)cc1)NCCSc1ccc(Cl)cc1. The van der Waals surface area contributed by atoms with Crippen LogP contribution in [0.2, 0.25) is 5.02 Å². The molecule has 0 saturated carbocycles. The molecule has 0 aromatic heterocycles. The van der Waals surface area contributed by atoms with E-state index in [1.165, 1.54) is 23.9 Å². The Labute approximate surface area is 194 Å². The van der Waals surface area contributed by atoms with E-state index in [1.807, 2.05) is 12.1 Å². The second-order valence-corrected chi connectivity index (χ2v) is 10.1. The van der Waals surface area contributed by atoms with E-state index in [0.717, 1.165) is 45.6 Å². The molecule has 0 unspecified atom stereocenters. The van der Waals surface area contributed by atoms with Gasteiger partial charge in [0, 0.05) is 22.2 Å². The van der Waals surface area contributed by atoms with Gasteiger partial charge in [-0.05, 0) is 72.8 Å². The van der Waals surface area contributed by atoms with Gasteiger partial charge in [0.15, 0.2) is 0 Å². The van der Waals surface area contributed by atoms with Gasteiger partial charge in [-0.15, -0.1) is 11.8 Å². The van der Waals surface area contributed by atoms with Crippen molar-refractivity contribution in [3.8, 4) is 0 Å². The standard InChI is InChI=1S/C22H19ClF2N2O3S2/c23-16-1-9-20(10-2-16)31-14-13-26-22(28)15-27(19-7-3-17(24)4-8-19)32(29,30)21-11-5-18(25)6-12-21/h1-12H,13-15H2,(H,26,28). The van der Waals surface area contributed by atoms with E-state index >= 15 is 0 Å². The zero-order valence-corrected chi connectivity index (χ0v) is 19.1. The lowest BCUT2D eigenvalue weighted by molar-refractivity contribution is -0.119. The molecule has 0 aliphatic heterocycles. The van der Waals surface area contributed by atoms with Crippen LogP contribution >= 0.6 is 23.4 Å². The number of anilines is 1. The molecule has 0 spiro atoms. The summed E-state index contributed by atoms with van der Waals surface area (Å²) in [4.78, 5) is 13.3. The van der Waals surface area contributed by atoms with Crippen molar-refractivity contribution in [2.45, 2.75) is 9.79 Å². The maximum absolute atomic E-state index is 13.3. The van der Waals surface area contributed by atoms with Crippen LogP contribution in [0.3, 0.4) is 0 Å². The Morgan fingerprint density at radius 2 is 1.47 bits per heavy atom. The van der Waals surface area contributed by atoms with Gasteiger partial charge in [0.2, 0.25) is 5.91 Å². The van der Waals surface area contributed by atoms with Crippen LogP contribution in [0.5, 0.6) is 0 Å². The Kier molecular flexibility index (Phi) is 8.11. The number of carbonyl (C=O) groups is 1. The summed E-state index contributed by atoms with van der Waals surface area (Å²) in [5, 5.41) is 3.31. The minimum Gasteiger partial charge on any atom is -0.354 e. The lowest BCUT2D eigenvalue weighted by atomic mass is 10.3. The van der Waals surface area contributed by atoms with E-state index < -0.39 is 34.1 Å². The molecule has 5 nitrogen and oxygen atoms in total. The van der Waals surface area contributed by atoms with Gasteiger partial charge in [0.05, 0.1) is 10.6 Å². The highest BCUT2D eigenvalue weighted by Gasteiger charge is 2.27. The third-order valence-electron chi connectivity index (χ3n) is 4.31. The van der Waals surface area contributed by atoms with Gasteiger partial charge in [0.25, 0.3) is 10.0 Å². The molecule has 3 aromatic carbocycles. The van der Waals surface area contributed by atoms with E-state index in [0.29, 0.717) is 17.3 Å². The summed E-state index contributed by atoms with van der Waals surface area (Å²) < 4.78 is 53.7. The Balaban J connectivity index is 1.69. The smallest absolute Gasteiger partial charge is 0.264 e. The van der Waals surface area contributed by atoms with Gasteiger partial charge in [-0.1, -0.05) is 11.6 Å². The first kappa shape index (κ1) is 24.0. The number of sulfonamides is 1. The molecule has 3 rings (SSSR count). The number of hydrogen-bond donors (Lipinski definition) is 1. The van der Waals surface area contributed by atoms with Crippen LogP contribution in [-0.4, -0.2) is 33.2 Å². The van der Waals surface area contributed by atoms with Gasteiger partial charge < -0.3 is 5.32 Å². The molecule has 0 aliphatic carbocycles. The number of hydrogen-bond acceptors (Lipinski definition) is 4. The topological polar surface area (TPSA) is 66.5 Å². The average Bonchev–Trinajstić information content (AvgIpc) is 2.77. The largest absolute Gasteiger partial charge is 0.354 e. The molecule has 32 heavy (non-hydrogen) atoms. The van der Waals surface area contributed by atoms with E-state index in [2.05, 4.69) is 5.32 Å². The molecule has 0 bridgehead atoms. The lowest BCUT2D eigenvalue weighted by Gasteiger charge is -2.24. The average molecular weight is 497 g/mol. The third-order valence-corrected chi connectivity index (χ3v) is 7.36. The number of nitrogens with one attached hydrogen (secondary N) is 1. The highest BCUT2D eigenvalue weighted by atomic mass is 35.5. The maximum Gasteiger partial charge on any atom is 0.264 e. The molecule has 0 saturated heterocycles. The molecule has 0 fully saturated rings. The normalized spacial score (nSPS) is 11.2. The van der Waals surface area contributed by atoms with Crippen LogP contribution in [0, 0.1) is 11.6 Å². The minimum atomic E-state index is -4.19. The summed E-state index contributed by atoms with van der Waals surface area (Å²) in [7, 11) is -4.19. The van der Waals surface area contributed by atoms with Crippen molar-refractivity contribution in [2.24, 2.45) is 0 Å². The molecule has 168 valence electrons. The minimum absolute atomic E-state index is 0.112. The van der Waals surface area contributed by atoms with Crippen molar-refractivity contribution in [3.05, 3.63) is 89.5 Å². The molecule has 0 aliphatic rings. The maximum atomic E-state index is 13.3. The molecular weight excluding hydrogens is 478 g/mol. The fraction of sp³-hybridized carbons (Fsp3) is 0.136. The fourth-order valence-corrected chi connectivity index (χ4v) is 5.05. The first-order chi connectivity index (χ1) is 15.3. The number of halogens is 3. The number of nitrogens with zero attached hydrogens (tertiary/aromatic N) is 1. The first-order valence-corrected chi connectivity index (χ1v) is 12.2. The number of carbonyl (C=O) groups excluding carboxylic acids is 1. The van der Waals surface area contributed by atoms with Crippen molar-refractivity contribution in [1.29, 1.82) is 0 Å². The Morgan fingerprint density at radius 1 is 0.906 bits per heavy atom. The molecule has 10 heteroatoms. The van der Waals surface area contributed by atoms with Gasteiger partial charge in [-0.3, -0.25) is 9.10 Å². The molecule has 0 radical (unpaired) electrons. The number of thioether (sulfide) groups is 1. The van der Waals surface area contributed by atoms with Crippen molar-refractivity contribution in [2.75, 3.05) is 23.1 Å². The predicted molar refractivity (Wildman–Crippen MR) is 123 cm³/mol. The van der Waals surface area contributed by atoms with E-state index in [-0.39, 0.29) is 10.6 Å². The van der Waals surface area contributed by atoms with Crippen LogP contribution in [0.25, 0.3) is 0 Å². The summed E-state index contributed by atoms with van der Waals surface area (Å²) in [5.41, 5.74) is 0.112. The van der Waals surface area contributed by atoms with Gasteiger partial charge in [-0.25, -0.2) is 17.2 Å². The molecule has 3 aromatic rings. The number of amides is 1. The molecule has 1 N–H and O–H groups in total. The van der Waals surface area contributed by atoms with Crippen LogP contribution in [0.4, 0.5) is 14.5 Å². The van der Waals surface area contributed by atoms with E-state index in [4.69, 9.17) is 11.6 Å². The lowest BCUT2D eigenvalue weighted by Crippen LogP contribution is -2.41. The summed E-state index contributed by atoms with van der Waals surface area (Å²) in [6.07, 6.45) is 0. The van der Waals surface area contributed by atoms with Crippen molar-refractivity contribution in [1.82, 2.24) is 5.32 Å². The Hall–Kier alpha value is -2.62. The fourth-order valence-electron chi connectivity index (χ4n) is 2.73. The first-order valence-electron chi connectivity index (χ1n) is 9.44. The van der Waals surface area contributed by atoms with E-state index in [9.17, 15) is 22.0 Å². The second kappa shape index (κ2) is 10.8. The summed E-state index contributed by atoms with van der Waals surface area (Å²) in [5.74, 6) is -1.10. The molecule has 1 amide bonds. The quantitative estimate of drug-likeness (QED) is 0.344. The Bertz CT molecular complexity index is 1160. The van der Waals surface area contributed by atoms with Crippen LogP contribution in [0.1, 0.15) is 0 Å². The Morgan fingerprint density at radius 3 is 2.06 bits per heavy atom. The van der Waals surface area contributed by atoms with Gasteiger partial charge in [-0.2, -0.15) is 0 Å². The zero-order valence-electron chi connectivity index (χ0n) is 16.7. The zero-order chi connectivity index (χ0) is 23.1. The van der Waals surface area contributed by atoms with Crippen molar-refractivity contribution >= 4 is 45.0 Å². The van der Waals surface area contributed by atoms with E-state index in [1.54, 1.807) is 12.1 Å². The summed E-state index contributed by atoms with van der Waals surface area (Å²) in [6, 6.07) is 16.2. The number of benzene rings is 3. The van der Waals surface area contributed by atoms with Crippen LogP contribution < -0.4 is 9.62 Å². The van der Waals surface area contributed by atoms with Gasteiger partial charge >= 0.3 is 0 Å². The second-order valence-electron chi connectivity index (χ2n) is 6.59. The van der Waals surface area contributed by atoms with Crippen LogP contribution in [-0.2, 0) is 14.8 Å².